The Morgan fingerprint density at radius 1 is 1.00 bits per heavy atom. The van der Waals surface area contributed by atoms with Crippen molar-refractivity contribution in [3.63, 3.8) is 0 Å². The highest BCUT2D eigenvalue weighted by Crippen LogP contribution is 2.26. The van der Waals surface area contributed by atoms with Crippen LogP contribution in [-0.4, -0.2) is 4.98 Å². The minimum Gasteiger partial charge on any atom is -0.487 e. The van der Waals surface area contributed by atoms with Crippen LogP contribution in [0.4, 0.5) is 5.69 Å². The topological polar surface area (TPSA) is 117 Å². The van der Waals surface area contributed by atoms with Gasteiger partial charge in [-0.25, -0.2) is 0 Å². The van der Waals surface area contributed by atoms with Crippen LogP contribution >= 0.6 is 0 Å². The molecule has 6 heteroatoms. The van der Waals surface area contributed by atoms with Crippen molar-refractivity contribution in [2.24, 2.45) is 0 Å². The monoisotopic (exact) mass is 385 g/mol. The lowest BCUT2D eigenvalue weighted by atomic mass is 10.1. The van der Waals surface area contributed by atoms with Crippen LogP contribution in [0.1, 0.15) is 33.5 Å². The number of nitrogens with one attached hydrogen (secondary N) is 1. The molecule has 0 saturated heterocycles. The van der Waals surface area contributed by atoms with Crippen molar-refractivity contribution in [1.82, 2.24) is 11.1 Å². The fourth-order valence-electron chi connectivity index (χ4n) is 2.88. The highest BCUT2D eigenvalue weighted by Gasteiger charge is 2.11. The van der Waals surface area contributed by atoms with E-state index >= 15 is 0 Å². The molecule has 0 amide bonds. The summed E-state index contributed by atoms with van der Waals surface area (Å²) in [7, 11) is 0. The van der Waals surface area contributed by atoms with Crippen molar-refractivity contribution in [3.8, 4) is 17.9 Å². The van der Waals surface area contributed by atoms with Crippen LogP contribution in [0.3, 0.4) is 0 Å². The number of hydrogen-bond donors (Lipinski definition) is 2. The van der Waals surface area contributed by atoms with Crippen LogP contribution < -0.4 is 16.2 Å². The molecule has 0 saturated carbocycles. The molecule has 0 bridgehead atoms. The van der Waals surface area contributed by atoms with Gasteiger partial charge < -0.3 is 16.2 Å². The lowest BCUT2D eigenvalue weighted by Gasteiger charge is -2.16. The first kappa shape index (κ1) is 21.4. The first-order valence-corrected chi connectivity index (χ1v) is 8.91. The van der Waals surface area contributed by atoms with Gasteiger partial charge >= 0.3 is 0 Å². The summed E-state index contributed by atoms with van der Waals surface area (Å²) in [5.74, 6) is 0.765. The van der Waals surface area contributed by atoms with Gasteiger partial charge in [-0.15, -0.1) is 0 Å². The molecule has 1 heterocycles. The van der Waals surface area contributed by atoms with Crippen LogP contribution in [0.5, 0.6) is 5.75 Å². The molecule has 146 valence electrons. The van der Waals surface area contributed by atoms with E-state index in [1.54, 1.807) is 18.2 Å². The number of benzene rings is 2. The van der Waals surface area contributed by atoms with E-state index < -0.39 is 0 Å². The third kappa shape index (κ3) is 5.32. The van der Waals surface area contributed by atoms with E-state index in [2.05, 4.69) is 22.4 Å². The van der Waals surface area contributed by atoms with Crippen LogP contribution in [0.15, 0.2) is 54.7 Å². The number of rotatable bonds is 6. The maximum Gasteiger partial charge on any atom is 0.144 e. The second kappa shape index (κ2) is 9.89. The molecule has 3 rings (SSSR count). The van der Waals surface area contributed by atoms with Crippen molar-refractivity contribution >= 4 is 5.69 Å². The van der Waals surface area contributed by atoms with Gasteiger partial charge in [0.25, 0.3) is 0 Å². The van der Waals surface area contributed by atoms with E-state index in [0.717, 1.165) is 33.8 Å². The molecule has 6 nitrogen and oxygen atoms in total. The molecule has 1 aromatic heterocycles. The maximum atomic E-state index is 9.03. The maximum absolute atomic E-state index is 9.03. The minimum absolute atomic E-state index is 0. The van der Waals surface area contributed by atoms with Crippen molar-refractivity contribution in [2.45, 2.75) is 27.0 Å². The number of nitrogens with zero attached hydrogens (tertiary/aromatic N) is 3. The highest BCUT2D eigenvalue weighted by molar-refractivity contribution is 5.49. The molecule has 29 heavy (non-hydrogen) atoms. The molecule has 0 aliphatic heterocycles. The van der Waals surface area contributed by atoms with Gasteiger partial charge in [-0.05, 0) is 66.9 Å². The highest BCUT2D eigenvalue weighted by atomic mass is 16.5. The average Bonchev–Trinajstić information content (AvgIpc) is 2.73. The van der Waals surface area contributed by atoms with Crippen LogP contribution in [0.25, 0.3) is 0 Å². The average molecular weight is 385 g/mol. The Kier molecular flexibility index (Phi) is 7.31. The van der Waals surface area contributed by atoms with Gasteiger partial charge in [0.2, 0.25) is 0 Å². The van der Waals surface area contributed by atoms with Gasteiger partial charge in [0.05, 0.1) is 29.0 Å². The fraction of sp³-hybridized carbons (Fsp3) is 0.174. The van der Waals surface area contributed by atoms with Crippen LogP contribution in [-0.2, 0) is 13.2 Å². The summed E-state index contributed by atoms with van der Waals surface area (Å²) in [6.45, 7) is 4.92. The Bertz CT molecular complexity index is 1060. The predicted molar refractivity (Wildman–Crippen MR) is 113 cm³/mol. The summed E-state index contributed by atoms with van der Waals surface area (Å²) in [5.41, 5.74) is 6.04. The molecule has 4 N–H and O–H groups in total. The van der Waals surface area contributed by atoms with E-state index in [0.29, 0.717) is 24.3 Å². The van der Waals surface area contributed by atoms with Crippen molar-refractivity contribution < 1.29 is 4.74 Å². The van der Waals surface area contributed by atoms with Crippen molar-refractivity contribution in [2.75, 3.05) is 5.32 Å². The summed E-state index contributed by atoms with van der Waals surface area (Å²) < 4.78 is 6.04. The number of nitriles is 2. The van der Waals surface area contributed by atoms with Gasteiger partial charge in [-0.3, -0.25) is 4.98 Å². The smallest absolute Gasteiger partial charge is 0.144 e. The normalized spacial score (nSPS) is 9.66. The first-order valence-electron chi connectivity index (χ1n) is 8.91. The third-order valence-corrected chi connectivity index (χ3v) is 4.50. The van der Waals surface area contributed by atoms with Gasteiger partial charge in [0, 0.05) is 18.4 Å². The van der Waals surface area contributed by atoms with E-state index in [1.807, 2.05) is 50.4 Å². The molecule has 3 aromatic rings. The van der Waals surface area contributed by atoms with E-state index in [4.69, 9.17) is 15.3 Å². The quantitative estimate of drug-likeness (QED) is 0.630. The summed E-state index contributed by atoms with van der Waals surface area (Å²) in [4.78, 5) is 4.47. The fourth-order valence-corrected chi connectivity index (χ4v) is 2.88. The second-order valence-corrected chi connectivity index (χ2v) is 6.47. The van der Waals surface area contributed by atoms with E-state index in [-0.39, 0.29) is 6.15 Å². The first-order chi connectivity index (χ1) is 13.6. The van der Waals surface area contributed by atoms with Gasteiger partial charge in [0.15, 0.2) is 0 Å². The number of hydrogen-bond acceptors (Lipinski definition) is 6. The Balaban J connectivity index is 0.00000300. The Labute approximate surface area is 171 Å². The molecule has 0 aliphatic carbocycles. The molecule has 0 aliphatic rings. The summed E-state index contributed by atoms with van der Waals surface area (Å²) in [5, 5.41) is 21.3. The molecule has 0 spiro atoms. The van der Waals surface area contributed by atoms with Crippen molar-refractivity contribution in [3.05, 3.63) is 88.2 Å². The lowest BCUT2D eigenvalue weighted by Crippen LogP contribution is -2.06. The largest absolute Gasteiger partial charge is 0.487 e. The summed E-state index contributed by atoms with van der Waals surface area (Å²) >= 11 is 0. The number of aromatic nitrogens is 1. The lowest BCUT2D eigenvalue weighted by molar-refractivity contribution is 0.300. The Morgan fingerprint density at radius 2 is 1.72 bits per heavy atom. The number of ether oxygens (including phenoxy) is 1. The SMILES string of the molecule is Cc1ncc(CNc2ccc(C#N)cc2)c(C)c1OCc1cccc(C#N)c1.N. The summed E-state index contributed by atoms with van der Waals surface area (Å²) in [6.07, 6.45) is 1.85. The summed E-state index contributed by atoms with van der Waals surface area (Å²) in [6, 6.07) is 19.0. The molecule has 2 aromatic carbocycles. The molecule has 0 unspecified atom stereocenters. The zero-order chi connectivity index (χ0) is 19.9. The van der Waals surface area contributed by atoms with Gasteiger partial charge in [-0.2, -0.15) is 10.5 Å². The predicted octanol–water partition coefficient (Wildman–Crippen LogP) is 4.79. The third-order valence-electron chi connectivity index (χ3n) is 4.50. The van der Waals surface area contributed by atoms with Gasteiger partial charge in [0.1, 0.15) is 12.4 Å². The zero-order valence-corrected chi connectivity index (χ0v) is 16.6. The Morgan fingerprint density at radius 3 is 2.41 bits per heavy atom. The molecule has 0 fully saturated rings. The van der Waals surface area contributed by atoms with E-state index in [1.165, 1.54) is 0 Å². The van der Waals surface area contributed by atoms with Crippen molar-refractivity contribution in [1.29, 1.82) is 10.5 Å². The van der Waals surface area contributed by atoms with Gasteiger partial charge in [-0.1, -0.05) is 12.1 Å². The van der Waals surface area contributed by atoms with Crippen LogP contribution in [0.2, 0.25) is 0 Å². The number of pyridine rings is 1. The van der Waals surface area contributed by atoms with E-state index in [9.17, 15) is 0 Å². The molecule has 0 radical (unpaired) electrons. The minimum atomic E-state index is 0. The number of anilines is 1. The molecule has 0 atom stereocenters. The Hall–Kier alpha value is -3.87. The second-order valence-electron chi connectivity index (χ2n) is 6.47. The molecular formula is C23H23N5O. The van der Waals surface area contributed by atoms with Crippen LogP contribution in [0, 0.1) is 36.5 Å². The molecular weight excluding hydrogens is 362 g/mol. The zero-order valence-electron chi connectivity index (χ0n) is 16.6. The standard InChI is InChI=1S/C23H20N4O.H3N/c1-16-21(14-27-22-8-6-18(11-24)7-9-22)13-26-17(2)23(16)28-15-20-5-3-4-19(10-20)12-25;/h3-10,13,27H,14-15H2,1-2H3;1H3. The number of aryl methyl sites for hydroxylation is 1.